The van der Waals surface area contributed by atoms with Crippen LogP contribution < -0.4 is 14.8 Å². The second-order valence-corrected chi connectivity index (χ2v) is 8.83. The third-order valence-electron chi connectivity index (χ3n) is 4.66. The van der Waals surface area contributed by atoms with Crippen LogP contribution in [0.2, 0.25) is 5.02 Å². The molecule has 0 spiro atoms. The summed E-state index contributed by atoms with van der Waals surface area (Å²) in [6.45, 7) is 7.69. The Kier molecular flexibility index (Phi) is 8.04. The van der Waals surface area contributed by atoms with Crippen molar-refractivity contribution in [2.45, 2.75) is 39.5 Å². The van der Waals surface area contributed by atoms with Gasteiger partial charge in [0.05, 0.1) is 13.2 Å². The molecule has 2 aromatic carbocycles. The molecule has 9 heteroatoms. The second-order valence-electron chi connectivity index (χ2n) is 7.38. The van der Waals surface area contributed by atoms with E-state index in [1.807, 2.05) is 50.2 Å². The second kappa shape index (κ2) is 10.7. The maximum Gasteiger partial charge on any atom is 0.241 e. The maximum atomic E-state index is 12.1. The predicted molar refractivity (Wildman–Crippen MR) is 127 cm³/mol. The number of rotatable bonds is 7. The summed E-state index contributed by atoms with van der Waals surface area (Å²) < 4.78 is 11.8. The van der Waals surface area contributed by atoms with Crippen LogP contribution in [0, 0.1) is 13.8 Å². The number of nitrogens with one attached hydrogen (secondary N) is 1. The third kappa shape index (κ3) is 5.95. The van der Waals surface area contributed by atoms with Crippen LogP contribution in [-0.2, 0) is 9.59 Å². The molecule has 1 N–H and O–H groups in total. The lowest BCUT2D eigenvalue weighted by Gasteiger charge is -2.21. The van der Waals surface area contributed by atoms with Crippen LogP contribution in [0.3, 0.4) is 0 Å². The number of ether oxygens (including phenoxy) is 2. The lowest BCUT2D eigenvalue weighted by Crippen LogP contribution is -2.25. The number of hydrogen-bond donors (Lipinski definition) is 1. The standard InChI is InChI=1S/C23H26ClN3O4S/c1-14-12-18(13-15(2)21(14)24)30-10-7-11-31-20-9-6-5-8-19(20)22-27(17(4)29)26-23(32-22)25-16(3)28/h5-6,8-9,12-13,22H,7,10-11H2,1-4H3,(H,25,26,28)/t22-/m1/s1. The number of thioether (sulfide) groups is 1. The van der Waals surface area contributed by atoms with Crippen molar-refractivity contribution in [1.82, 2.24) is 10.3 Å². The van der Waals surface area contributed by atoms with E-state index < -0.39 is 5.37 Å². The average molecular weight is 476 g/mol. The van der Waals surface area contributed by atoms with Gasteiger partial charge in [-0.25, -0.2) is 5.01 Å². The zero-order valence-corrected chi connectivity index (χ0v) is 20.0. The Bertz CT molecular complexity index is 1020. The molecule has 0 saturated heterocycles. The fourth-order valence-corrected chi connectivity index (χ4v) is 4.48. The smallest absolute Gasteiger partial charge is 0.241 e. The van der Waals surface area contributed by atoms with E-state index in [4.69, 9.17) is 21.1 Å². The summed E-state index contributed by atoms with van der Waals surface area (Å²) >= 11 is 7.50. The highest BCUT2D eigenvalue weighted by Gasteiger charge is 2.34. The highest BCUT2D eigenvalue weighted by Crippen LogP contribution is 2.42. The number of hydrogen-bond acceptors (Lipinski definition) is 6. The first-order valence-electron chi connectivity index (χ1n) is 10.2. The minimum absolute atomic E-state index is 0.223. The Labute approximate surface area is 197 Å². The Morgan fingerprint density at radius 1 is 1.12 bits per heavy atom. The molecule has 1 aliphatic rings. The average Bonchev–Trinajstić information content (AvgIpc) is 3.15. The quantitative estimate of drug-likeness (QED) is 0.581. The summed E-state index contributed by atoms with van der Waals surface area (Å²) in [5.74, 6) is 0.983. The number of benzene rings is 2. The summed E-state index contributed by atoms with van der Waals surface area (Å²) in [5.41, 5.74) is 2.77. The van der Waals surface area contributed by atoms with Crippen LogP contribution in [0.25, 0.3) is 0 Å². The lowest BCUT2D eigenvalue weighted by molar-refractivity contribution is -0.129. The minimum atomic E-state index is -0.415. The Balaban J connectivity index is 1.60. The van der Waals surface area contributed by atoms with E-state index in [2.05, 4.69) is 10.4 Å². The predicted octanol–water partition coefficient (Wildman–Crippen LogP) is 4.81. The van der Waals surface area contributed by atoms with Crippen molar-refractivity contribution >= 4 is 40.3 Å². The number of hydrazone groups is 1. The molecule has 0 radical (unpaired) electrons. The van der Waals surface area contributed by atoms with Crippen molar-refractivity contribution in [3.05, 3.63) is 58.1 Å². The third-order valence-corrected chi connectivity index (χ3v) is 6.34. The molecule has 1 aliphatic heterocycles. The normalized spacial score (nSPS) is 15.3. The van der Waals surface area contributed by atoms with Crippen LogP contribution in [0.15, 0.2) is 41.5 Å². The molecule has 7 nitrogen and oxygen atoms in total. The number of aryl methyl sites for hydroxylation is 2. The topological polar surface area (TPSA) is 80.2 Å². The molecule has 2 amide bonds. The first-order chi connectivity index (χ1) is 15.3. The first-order valence-corrected chi connectivity index (χ1v) is 11.5. The van der Waals surface area contributed by atoms with Crippen LogP contribution in [0.5, 0.6) is 11.5 Å². The number of para-hydroxylation sites is 1. The molecule has 0 saturated carbocycles. The van der Waals surface area contributed by atoms with Crippen LogP contribution in [0.4, 0.5) is 0 Å². The van der Waals surface area contributed by atoms with Gasteiger partial charge in [0, 0.05) is 30.9 Å². The molecule has 1 atom stereocenters. The number of amides is 2. The molecule has 0 aromatic heterocycles. The van der Waals surface area contributed by atoms with Gasteiger partial charge in [0.15, 0.2) is 5.17 Å². The molecule has 2 aromatic rings. The van der Waals surface area contributed by atoms with E-state index in [1.165, 1.54) is 30.6 Å². The molecule has 170 valence electrons. The van der Waals surface area contributed by atoms with Crippen molar-refractivity contribution in [3.8, 4) is 11.5 Å². The fourth-order valence-electron chi connectivity index (χ4n) is 3.20. The summed E-state index contributed by atoms with van der Waals surface area (Å²) in [7, 11) is 0. The van der Waals surface area contributed by atoms with Crippen molar-refractivity contribution in [1.29, 1.82) is 0 Å². The largest absolute Gasteiger partial charge is 0.493 e. The van der Waals surface area contributed by atoms with Crippen molar-refractivity contribution < 1.29 is 19.1 Å². The van der Waals surface area contributed by atoms with E-state index >= 15 is 0 Å². The maximum absolute atomic E-state index is 12.1. The SMILES string of the molecule is CC(=O)NC1=NN(C(C)=O)[C@@H](c2ccccc2OCCCOc2cc(C)c(Cl)c(C)c2)S1. The van der Waals surface area contributed by atoms with Gasteiger partial charge in [-0.05, 0) is 43.2 Å². The summed E-state index contributed by atoms with van der Waals surface area (Å²) in [6, 6.07) is 11.4. The lowest BCUT2D eigenvalue weighted by atomic mass is 10.1. The van der Waals surface area contributed by atoms with Gasteiger partial charge < -0.3 is 14.8 Å². The number of carbonyl (C=O) groups is 2. The van der Waals surface area contributed by atoms with E-state index in [0.29, 0.717) is 30.6 Å². The highest BCUT2D eigenvalue weighted by molar-refractivity contribution is 8.14. The Morgan fingerprint density at radius 2 is 1.78 bits per heavy atom. The molecule has 0 aliphatic carbocycles. The summed E-state index contributed by atoms with van der Waals surface area (Å²) in [5, 5.41) is 8.96. The van der Waals surface area contributed by atoms with Gasteiger partial charge in [-0.15, -0.1) is 5.10 Å². The van der Waals surface area contributed by atoms with Crippen LogP contribution in [-0.4, -0.2) is 35.2 Å². The van der Waals surface area contributed by atoms with Gasteiger partial charge in [0.1, 0.15) is 16.9 Å². The number of halogens is 1. The number of amidine groups is 1. The molecule has 3 rings (SSSR count). The fraction of sp³-hybridized carbons (Fsp3) is 0.348. The monoisotopic (exact) mass is 475 g/mol. The molecule has 0 bridgehead atoms. The number of nitrogens with zero attached hydrogens (tertiary/aromatic N) is 2. The van der Waals surface area contributed by atoms with Gasteiger partial charge >= 0.3 is 0 Å². The Morgan fingerprint density at radius 3 is 2.44 bits per heavy atom. The van der Waals surface area contributed by atoms with Crippen molar-refractivity contribution in [2.24, 2.45) is 5.10 Å². The van der Waals surface area contributed by atoms with Gasteiger partial charge in [-0.2, -0.15) is 0 Å². The van der Waals surface area contributed by atoms with Crippen molar-refractivity contribution in [2.75, 3.05) is 13.2 Å². The van der Waals surface area contributed by atoms with Gasteiger partial charge in [0.2, 0.25) is 11.8 Å². The molecular formula is C23H26ClN3O4S. The summed E-state index contributed by atoms with van der Waals surface area (Å²) in [4.78, 5) is 23.5. The zero-order valence-electron chi connectivity index (χ0n) is 18.5. The minimum Gasteiger partial charge on any atom is -0.493 e. The first kappa shape index (κ1) is 23.9. The zero-order chi connectivity index (χ0) is 23.3. The molecule has 1 heterocycles. The van der Waals surface area contributed by atoms with E-state index in [9.17, 15) is 9.59 Å². The summed E-state index contributed by atoms with van der Waals surface area (Å²) in [6.07, 6.45) is 0.678. The number of carbonyl (C=O) groups excluding carboxylic acids is 2. The molecular weight excluding hydrogens is 450 g/mol. The van der Waals surface area contributed by atoms with E-state index in [0.717, 1.165) is 27.5 Å². The van der Waals surface area contributed by atoms with E-state index in [1.54, 1.807) is 0 Å². The van der Waals surface area contributed by atoms with Crippen LogP contribution in [0.1, 0.15) is 42.3 Å². The van der Waals surface area contributed by atoms with Gasteiger partial charge in [0.25, 0.3) is 0 Å². The van der Waals surface area contributed by atoms with E-state index in [-0.39, 0.29) is 11.8 Å². The van der Waals surface area contributed by atoms with Crippen LogP contribution >= 0.6 is 23.4 Å². The van der Waals surface area contributed by atoms with Gasteiger partial charge in [-0.1, -0.05) is 41.6 Å². The molecule has 0 fully saturated rings. The van der Waals surface area contributed by atoms with Crippen molar-refractivity contribution in [3.63, 3.8) is 0 Å². The molecule has 0 unspecified atom stereocenters. The highest BCUT2D eigenvalue weighted by atomic mass is 35.5. The Hall–Kier alpha value is -2.71. The van der Waals surface area contributed by atoms with Gasteiger partial charge in [-0.3, -0.25) is 9.59 Å². The molecule has 32 heavy (non-hydrogen) atoms.